The van der Waals surface area contributed by atoms with Crippen molar-refractivity contribution < 1.29 is 0 Å². The molecule has 0 N–H and O–H groups in total. The van der Waals surface area contributed by atoms with Crippen molar-refractivity contribution in [3.05, 3.63) is 223 Å². The molecular weight excluding hydrogens is 947 g/mol. The minimum Gasteiger partial charge on any atom is -0.308 e. The van der Waals surface area contributed by atoms with E-state index >= 15 is 0 Å². The summed E-state index contributed by atoms with van der Waals surface area (Å²) in [5.74, 6) is 0.677. The van der Waals surface area contributed by atoms with Crippen LogP contribution in [0.15, 0.2) is 140 Å². The predicted molar refractivity (Wildman–Crippen MR) is 329 cm³/mol. The van der Waals surface area contributed by atoms with Crippen molar-refractivity contribution >= 4 is 43.6 Å². The highest BCUT2D eigenvalue weighted by atomic mass is 15.0. The third-order valence-corrected chi connectivity index (χ3v) is 16.3. The first-order valence-electron chi connectivity index (χ1n) is 27.3. The van der Waals surface area contributed by atoms with Crippen LogP contribution < -0.4 is 0 Å². The number of fused-ring (bicyclic) bond motifs is 6. The Morgan fingerprint density at radius 3 is 0.859 bits per heavy atom. The molecule has 78 heavy (non-hydrogen) atoms. The summed E-state index contributed by atoms with van der Waals surface area (Å²) in [5, 5.41) is 16.0. The van der Waals surface area contributed by atoms with Crippen molar-refractivity contribution in [1.82, 2.24) is 19.1 Å². The van der Waals surface area contributed by atoms with E-state index in [2.05, 4.69) is 245 Å². The molecular formula is C73H65N5. The van der Waals surface area contributed by atoms with Gasteiger partial charge < -0.3 is 9.13 Å². The van der Waals surface area contributed by atoms with Gasteiger partial charge in [0.2, 0.25) is 0 Å². The molecule has 0 fully saturated rings. The number of aryl methyl sites for hydroxylation is 14. The van der Waals surface area contributed by atoms with Crippen LogP contribution in [0, 0.1) is 108 Å². The molecule has 382 valence electrons. The predicted octanol–water partition coefficient (Wildman–Crippen LogP) is 19.2. The molecule has 3 aromatic heterocycles. The van der Waals surface area contributed by atoms with Crippen LogP contribution in [0.4, 0.5) is 0 Å². The summed E-state index contributed by atoms with van der Waals surface area (Å²) in [6.07, 6.45) is 0. The van der Waals surface area contributed by atoms with E-state index in [1.165, 1.54) is 89.0 Å². The summed E-state index contributed by atoms with van der Waals surface area (Å²) >= 11 is 0. The van der Waals surface area contributed by atoms with Crippen molar-refractivity contribution in [3.8, 4) is 73.2 Å². The number of rotatable bonds is 7. The molecule has 9 aromatic carbocycles. The Morgan fingerprint density at radius 1 is 0.321 bits per heavy atom. The maximum Gasteiger partial charge on any atom is 0.126 e. The third kappa shape index (κ3) is 8.21. The number of nitrogens with zero attached hydrogens (tertiary/aromatic N) is 5. The molecule has 0 atom stereocenters. The number of nitriles is 1. The molecule has 12 rings (SSSR count). The fraction of sp³-hybridized carbons (Fsp3) is 0.192. The van der Waals surface area contributed by atoms with Crippen LogP contribution in [-0.2, 0) is 0 Å². The van der Waals surface area contributed by atoms with Gasteiger partial charge in [0.05, 0.1) is 50.8 Å². The van der Waals surface area contributed by atoms with Crippen molar-refractivity contribution in [2.45, 2.75) is 96.9 Å². The summed E-state index contributed by atoms with van der Waals surface area (Å²) in [6.45, 7) is 30.5. The van der Waals surface area contributed by atoms with E-state index in [1.807, 2.05) is 6.92 Å². The quantitative estimate of drug-likeness (QED) is 0.160. The van der Waals surface area contributed by atoms with Crippen LogP contribution in [0.1, 0.15) is 83.8 Å². The molecule has 0 aliphatic rings. The molecule has 0 bridgehead atoms. The lowest BCUT2D eigenvalue weighted by Crippen LogP contribution is -2.07. The van der Waals surface area contributed by atoms with E-state index in [0.29, 0.717) is 11.4 Å². The van der Waals surface area contributed by atoms with Crippen molar-refractivity contribution in [1.29, 1.82) is 5.26 Å². The second-order valence-corrected chi connectivity index (χ2v) is 22.6. The number of benzene rings is 9. The highest BCUT2D eigenvalue weighted by Gasteiger charge is 2.27. The Kier molecular flexibility index (Phi) is 12.0. The van der Waals surface area contributed by atoms with E-state index in [1.54, 1.807) is 0 Å². The molecule has 0 aliphatic carbocycles. The summed E-state index contributed by atoms with van der Waals surface area (Å²) < 4.78 is 4.87. The molecule has 5 nitrogen and oxygen atoms in total. The fourth-order valence-corrected chi connectivity index (χ4v) is 13.9. The van der Waals surface area contributed by atoms with E-state index in [4.69, 9.17) is 9.97 Å². The zero-order valence-electron chi connectivity index (χ0n) is 47.5. The normalized spacial score (nSPS) is 11.7. The fourth-order valence-electron chi connectivity index (χ4n) is 13.9. The Labute approximate surface area is 459 Å². The SMILES string of the molecule is Cc1cc(C)c(-c2ccc3c4ccc(-c5c(C)cc(C)cc5C)cc4n(-c4cc(C#N)cc(-n5c6cc(-c7c(C)cc(C)cc7C)ccc6c6ccc(-c7c(C)cc(C)cc7C)cc65)c4-c4cc(C)nc(C)n4)c3c2)c(C)c1. The maximum absolute atomic E-state index is 11.5. The number of hydrogen-bond acceptors (Lipinski definition) is 3. The lowest BCUT2D eigenvalue weighted by molar-refractivity contribution is 1.01. The molecule has 5 heteroatoms. The smallest absolute Gasteiger partial charge is 0.126 e. The molecule has 0 saturated carbocycles. The van der Waals surface area contributed by atoms with Crippen LogP contribution >= 0.6 is 0 Å². The van der Waals surface area contributed by atoms with Crippen LogP contribution in [0.2, 0.25) is 0 Å². The van der Waals surface area contributed by atoms with Gasteiger partial charge in [-0.05, 0) is 228 Å². The average Bonchev–Trinajstić information content (AvgIpc) is 3.89. The summed E-state index contributed by atoms with van der Waals surface area (Å²) in [7, 11) is 0. The second kappa shape index (κ2) is 18.7. The molecule has 0 spiro atoms. The van der Waals surface area contributed by atoms with E-state index in [0.717, 1.165) is 94.2 Å². The van der Waals surface area contributed by atoms with Gasteiger partial charge in [-0.1, -0.05) is 119 Å². The highest BCUT2D eigenvalue weighted by Crippen LogP contribution is 2.46. The Hall–Kier alpha value is -8.85. The third-order valence-electron chi connectivity index (χ3n) is 16.3. The average molecular weight is 1010 g/mol. The van der Waals surface area contributed by atoms with Gasteiger partial charge >= 0.3 is 0 Å². The molecule has 0 saturated heterocycles. The summed E-state index contributed by atoms with van der Waals surface area (Å²) in [4.78, 5) is 10.3. The van der Waals surface area contributed by atoms with Crippen molar-refractivity contribution in [2.24, 2.45) is 0 Å². The summed E-state index contributed by atoms with van der Waals surface area (Å²) in [6, 6.07) is 55.1. The van der Waals surface area contributed by atoms with Gasteiger partial charge in [0, 0.05) is 32.8 Å². The standard InChI is InChI=1S/C73H65N5/c1-39-23-43(5)69(44(6)24-39)54-15-19-58-59-20-16-55(70-45(7)25-40(2)26-46(70)8)35-64(59)77(63(58)34-54)67-32-53(38-74)33-68(73(67)62-31-51(13)75-52(14)76-62)78-65-36-56(71-47(9)27-41(3)28-48(71)10)17-21-60(65)61-22-18-57(37-66(61)78)72-49(11)29-42(4)30-50(72)12/h15-37H,1-14H3. The Balaban J connectivity index is 1.28. The lowest BCUT2D eigenvalue weighted by Gasteiger charge is -2.21. The minimum atomic E-state index is 0.543. The van der Waals surface area contributed by atoms with Gasteiger partial charge in [0.25, 0.3) is 0 Å². The van der Waals surface area contributed by atoms with E-state index < -0.39 is 0 Å². The maximum atomic E-state index is 11.5. The molecule has 12 aromatic rings. The van der Waals surface area contributed by atoms with Gasteiger partial charge in [0.15, 0.2) is 0 Å². The Bertz CT molecular complexity index is 4000. The molecule has 0 amide bonds. The molecule has 3 heterocycles. The van der Waals surface area contributed by atoms with Gasteiger partial charge in [-0.2, -0.15) is 5.26 Å². The van der Waals surface area contributed by atoms with E-state index in [9.17, 15) is 5.26 Å². The Morgan fingerprint density at radius 2 is 0.603 bits per heavy atom. The van der Waals surface area contributed by atoms with Gasteiger partial charge in [-0.15, -0.1) is 0 Å². The number of aromatic nitrogens is 4. The monoisotopic (exact) mass is 1010 g/mol. The first-order chi connectivity index (χ1) is 37.3. The van der Waals surface area contributed by atoms with Crippen molar-refractivity contribution in [2.75, 3.05) is 0 Å². The molecule has 0 aliphatic heterocycles. The van der Waals surface area contributed by atoms with Crippen LogP contribution in [-0.4, -0.2) is 19.1 Å². The van der Waals surface area contributed by atoms with Crippen LogP contribution in [0.25, 0.3) is 111 Å². The lowest BCUT2D eigenvalue weighted by atomic mass is 9.92. The summed E-state index contributed by atoms with van der Waals surface area (Å²) in [5.41, 5.74) is 33.4. The topological polar surface area (TPSA) is 59.4 Å². The second-order valence-electron chi connectivity index (χ2n) is 22.6. The van der Waals surface area contributed by atoms with Crippen LogP contribution in [0.3, 0.4) is 0 Å². The molecule has 0 radical (unpaired) electrons. The van der Waals surface area contributed by atoms with Gasteiger partial charge in [-0.25, -0.2) is 9.97 Å². The van der Waals surface area contributed by atoms with Crippen molar-refractivity contribution in [3.63, 3.8) is 0 Å². The first kappa shape index (κ1) is 50.0. The van der Waals surface area contributed by atoms with Gasteiger partial charge in [0.1, 0.15) is 5.82 Å². The zero-order valence-corrected chi connectivity index (χ0v) is 47.5. The zero-order chi connectivity index (χ0) is 54.7. The number of hydrogen-bond donors (Lipinski definition) is 0. The van der Waals surface area contributed by atoms with Gasteiger partial charge in [-0.3, -0.25) is 0 Å². The van der Waals surface area contributed by atoms with Crippen LogP contribution in [0.5, 0.6) is 0 Å². The largest absolute Gasteiger partial charge is 0.308 e. The van der Waals surface area contributed by atoms with E-state index in [-0.39, 0.29) is 0 Å². The first-order valence-corrected chi connectivity index (χ1v) is 27.3. The highest BCUT2D eigenvalue weighted by molar-refractivity contribution is 6.14. The molecule has 0 unspecified atom stereocenters. The minimum absolute atomic E-state index is 0.543.